The Balaban J connectivity index is 2.21. The first kappa shape index (κ1) is 14.8. The van der Waals surface area contributed by atoms with Crippen LogP contribution in [0.15, 0.2) is 30.3 Å². The minimum Gasteiger partial charge on any atom is -0.504 e. The van der Waals surface area contributed by atoms with E-state index in [9.17, 15) is 9.50 Å². The molecule has 2 N–H and O–H groups in total. The number of ether oxygens (including phenoxy) is 1. The Morgan fingerprint density at radius 2 is 1.90 bits per heavy atom. The maximum atomic E-state index is 13.1. The number of nitrogens with one attached hydrogen (secondary N) is 1. The van der Waals surface area contributed by atoms with Gasteiger partial charge in [-0.3, -0.25) is 0 Å². The molecule has 0 amide bonds. The van der Waals surface area contributed by atoms with Crippen molar-refractivity contribution in [2.24, 2.45) is 0 Å². The van der Waals surface area contributed by atoms with E-state index in [0.29, 0.717) is 17.0 Å². The van der Waals surface area contributed by atoms with Crippen LogP contribution in [0.1, 0.15) is 5.56 Å². The molecule has 0 unspecified atom stereocenters. The van der Waals surface area contributed by atoms with Crippen LogP contribution in [0.4, 0.5) is 10.1 Å². The van der Waals surface area contributed by atoms with Crippen molar-refractivity contribution in [3.63, 3.8) is 0 Å². The molecule has 106 valence electrons. The fourth-order valence-corrected chi connectivity index (χ4v) is 2.36. The number of phenolic OH excluding ortho intramolecular Hbond substituents is 1. The predicted octanol–water partition coefficient (Wildman–Crippen LogP) is 4.46. The smallest absolute Gasteiger partial charge is 0.162 e. The van der Waals surface area contributed by atoms with Crippen molar-refractivity contribution in [1.82, 2.24) is 0 Å². The molecule has 0 heterocycles. The average molecular weight is 316 g/mol. The van der Waals surface area contributed by atoms with Crippen molar-refractivity contribution in [2.75, 3.05) is 12.4 Å². The van der Waals surface area contributed by atoms with Gasteiger partial charge in [-0.05, 0) is 18.2 Å². The second-order valence-electron chi connectivity index (χ2n) is 4.07. The van der Waals surface area contributed by atoms with Crippen molar-refractivity contribution in [3.8, 4) is 11.5 Å². The molecule has 2 aromatic carbocycles. The van der Waals surface area contributed by atoms with Crippen molar-refractivity contribution < 1.29 is 14.2 Å². The van der Waals surface area contributed by atoms with Crippen LogP contribution in [0.2, 0.25) is 10.0 Å². The number of rotatable bonds is 4. The van der Waals surface area contributed by atoms with E-state index in [1.54, 1.807) is 18.2 Å². The molecule has 0 fully saturated rings. The molecule has 3 nitrogen and oxygen atoms in total. The Morgan fingerprint density at radius 3 is 2.50 bits per heavy atom. The van der Waals surface area contributed by atoms with Gasteiger partial charge >= 0.3 is 0 Å². The molecule has 0 bridgehead atoms. The van der Waals surface area contributed by atoms with E-state index in [-0.39, 0.29) is 22.3 Å². The molecule has 0 aliphatic rings. The average Bonchev–Trinajstić information content (AvgIpc) is 2.39. The van der Waals surface area contributed by atoms with Gasteiger partial charge in [0.2, 0.25) is 0 Å². The van der Waals surface area contributed by atoms with Crippen LogP contribution in [-0.2, 0) is 6.54 Å². The van der Waals surface area contributed by atoms with Crippen LogP contribution in [0.3, 0.4) is 0 Å². The largest absolute Gasteiger partial charge is 0.504 e. The summed E-state index contributed by atoms with van der Waals surface area (Å²) in [5.74, 6) is -0.0905. The molecule has 0 saturated carbocycles. The maximum absolute atomic E-state index is 13.1. The second kappa shape index (κ2) is 6.20. The summed E-state index contributed by atoms with van der Waals surface area (Å²) in [7, 11) is 1.47. The third-order valence-electron chi connectivity index (χ3n) is 2.76. The molecule has 0 aromatic heterocycles. The normalized spacial score (nSPS) is 10.4. The van der Waals surface area contributed by atoms with Gasteiger partial charge in [-0.1, -0.05) is 35.3 Å². The van der Waals surface area contributed by atoms with E-state index in [2.05, 4.69) is 5.32 Å². The summed E-state index contributed by atoms with van der Waals surface area (Å²) in [5.41, 5.74) is 1.03. The number of anilines is 1. The highest BCUT2D eigenvalue weighted by Gasteiger charge is 2.11. The fraction of sp³-hybridized carbons (Fsp3) is 0.143. The minimum absolute atomic E-state index is 0.0388. The van der Waals surface area contributed by atoms with Crippen molar-refractivity contribution in [1.29, 1.82) is 0 Å². The van der Waals surface area contributed by atoms with Gasteiger partial charge in [0.05, 0.1) is 22.8 Å². The standard InChI is InChI=1S/C14H12Cl2FNO2/c1-20-12-4-2-3-8(14(12)19)7-18-13-10(15)5-9(17)6-11(13)16/h2-6,18-19H,7H2,1H3. The highest BCUT2D eigenvalue weighted by Crippen LogP contribution is 2.34. The first-order valence-corrected chi connectivity index (χ1v) is 6.51. The molecule has 0 saturated heterocycles. The number of hydrogen-bond acceptors (Lipinski definition) is 3. The second-order valence-corrected chi connectivity index (χ2v) is 4.88. The lowest BCUT2D eigenvalue weighted by Gasteiger charge is -2.13. The van der Waals surface area contributed by atoms with Crippen LogP contribution in [0, 0.1) is 5.82 Å². The summed E-state index contributed by atoms with van der Waals surface area (Å²) >= 11 is 11.9. The molecule has 6 heteroatoms. The Kier molecular flexibility index (Phi) is 4.57. The number of aromatic hydroxyl groups is 1. The van der Waals surface area contributed by atoms with Gasteiger partial charge in [0.25, 0.3) is 0 Å². The summed E-state index contributed by atoms with van der Waals surface area (Å²) in [6.45, 7) is 0.272. The minimum atomic E-state index is -0.505. The molecule has 0 atom stereocenters. The lowest BCUT2D eigenvalue weighted by atomic mass is 10.2. The first-order valence-electron chi connectivity index (χ1n) is 5.76. The number of phenols is 1. The van der Waals surface area contributed by atoms with E-state index in [0.717, 1.165) is 0 Å². The predicted molar refractivity (Wildman–Crippen MR) is 78.4 cm³/mol. The lowest BCUT2D eigenvalue weighted by molar-refractivity contribution is 0.371. The molecule has 2 aromatic rings. The van der Waals surface area contributed by atoms with Gasteiger partial charge in [-0.25, -0.2) is 4.39 Å². The van der Waals surface area contributed by atoms with E-state index < -0.39 is 5.82 Å². The lowest BCUT2D eigenvalue weighted by Crippen LogP contribution is -2.02. The van der Waals surface area contributed by atoms with E-state index in [1.165, 1.54) is 19.2 Å². The number of hydrogen-bond donors (Lipinski definition) is 2. The Morgan fingerprint density at radius 1 is 1.25 bits per heavy atom. The van der Waals surface area contributed by atoms with Gasteiger partial charge in [0, 0.05) is 12.1 Å². The van der Waals surface area contributed by atoms with Crippen LogP contribution in [0.5, 0.6) is 11.5 Å². The van der Waals surface area contributed by atoms with Gasteiger partial charge in [0.1, 0.15) is 5.82 Å². The highest BCUT2D eigenvalue weighted by molar-refractivity contribution is 6.39. The van der Waals surface area contributed by atoms with Gasteiger partial charge in [-0.2, -0.15) is 0 Å². The highest BCUT2D eigenvalue weighted by atomic mass is 35.5. The zero-order valence-electron chi connectivity index (χ0n) is 10.6. The molecule has 2 rings (SSSR count). The SMILES string of the molecule is COc1cccc(CNc2c(Cl)cc(F)cc2Cl)c1O. The van der Waals surface area contributed by atoms with Crippen molar-refractivity contribution in [3.05, 3.63) is 51.8 Å². The number of para-hydroxylation sites is 1. The Bertz CT molecular complexity index is 612. The monoisotopic (exact) mass is 315 g/mol. The maximum Gasteiger partial charge on any atom is 0.162 e. The summed E-state index contributed by atoms with van der Waals surface area (Å²) in [6.07, 6.45) is 0. The third kappa shape index (κ3) is 3.08. The zero-order valence-corrected chi connectivity index (χ0v) is 12.1. The van der Waals surface area contributed by atoms with Crippen molar-refractivity contribution in [2.45, 2.75) is 6.54 Å². The van der Waals surface area contributed by atoms with Crippen LogP contribution in [0.25, 0.3) is 0 Å². The van der Waals surface area contributed by atoms with E-state index in [4.69, 9.17) is 27.9 Å². The summed E-state index contributed by atoms with van der Waals surface area (Å²) in [6, 6.07) is 7.47. The first-order chi connectivity index (χ1) is 9.52. The third-order valence-corrected chi connectivity index (χ3v) is 3.36. The fourth-order valence-electron chi connectivity index (χ4n) is 1.77. The van der Waals surface area contributed by atoms with Crippen LogP contribution >= 0.6 is 23.2 Å². The van der Waals surface area contributed by atoms with Gasteiger partial charge in [0.15, 0.2) is 11.5 Å². The molecule has 0 radical (unpaired) electrons. The Labute approximate surface area is 125 Å². The van der Waals surface area contributed by atoms with Crippen LogP contribution < -0.4 is 10.1 Å². The summed E-state index contributed by atoms with van der Waals surface area (Å²) in [5, 5.41) is 13.3. The van der Waals surface area contributed by atoms with Crippen molar-refractivity contribution >= 4 is 28.9 Å². The zero-order chi connectivity index (χ0) is 14.7. The number of methoxy groups -OCH3 is 1. The van der Waals surface area contributed by atoms with E-state index in [1.807, 2.05) is 0 Å². The molecule has 0 aliphatic heterocycles. The van der Waals surface area contributed by atoms with Gasteiger partial charge in [-0.15, -0.1) is 0 Å². The van der Waals surface area contributed by atoms with E-state index >= 15 is 0 Å². The Hall–Kier alpha value is -1.65. The summed E-state index contributed by atoms with van der Waals surface area (Å²) < 4.78 is 18.1. The molecular weight excluding hydrogens is 304 g/mol. The molecule has 20 heavy (non-hydrogen) atoms. The molecular formula is C14H12Cl2FNO2. The van der Waals surface area contributed by atoms with Crippen LogP contribution in [-0.4, -0.2) is 12.2 Å². The molecule has 0 spiro atoms. The molecule has 0 aliphatic carbocycles. The number of benzene rings is 2. The topological polar surface area (TPSA) is 41.5 Å². The summed E-state index contributed by atoms with van der Waals surface area (Å²) in [4.78, 5) is 0. The quantitative estimate of drug-likeness (QED) is 0.875. The van der Waals surface area contributed by atoms with Gasteiger partial charge < -0.3 is 15.2 Å². The number of halogens is 3.